The molecule has 4 N–H and O–H groups in total. The number of aromatic hydroxyl groups is 1. The van der Waals surface area contributed by atoms with Gasteiger partial charge >= 0.3 is 0 Å². The van der Waals surface area contributed by atoms with E-state index in [1.165, 1.54) is 0 Å². The van der Waals surface area contributed by atoms with Crippen LogP contribution in [0.5, 0.6) is 5.75 Å². The van der Waals surface area contributed by atoms with E-state index in [2.05, 4.69) is 5.32 Å². The zero-order valence-electron chi connectivity index (χ0n) is 18.6. The maximum atomic E-state index is 13.4. The molecule has 0 bridgehead atoms. The average Bonchev–Trinajstić information content (AvgIpc) is 2.68. The van der Waals surface area contributed by atoms with E-state index in [4.69, 9.17) is 0 Å². The smallest absolute Gasteiger partial charge is 0.238 e. The number of likely N-dealkylation sites (N-methyl/N-ethyl adjacent to an activating group) is 1. The van der Waals surface area contributed by atoms with E-state index in [1.807, 2.05) is 0 Å². The van der Waals surface area contributed by atoms with E-state index in [1.54, 1.807) is 31.1 Å². The van der Waals surface area contributed by atoms with Crippen molar-refractivity contribution in [2.75, 3.05) is 26.0 Å². The molecular formula is C24H26N2O7. The lowest BCUT2D eigenvalue weighted by atomic mass is 9.61. The molecule has 1 amide bonds. The zero-order chi connectivity index (χ0) is 24.2. The van der Waals surface area contributed by atoms with Gasteiger partial charge in [-0.1, -0.05) is 6.07 Å². The second-order valence-electron chi connectivity index (χ2n) is 9.23. The molecule has 3 atom stereocenters. The van der Waals surface area contributed by atoms with Crippen LogP contribution in [0.25, 0.3) is 5.76 Å². The lowest BCUT2D eigenvalue weighted by Gasteiger charge is -2.41. The number of fused-ring (bicyclic) bond motifs is 3. The van der Waals surface area contributed by atoms with Crippen LogP contribution in [-0.4, -0.2) is 64.1 Å². The number of carbonyl (C=O) groups excluding carboxylic acids is 4. The van der Waals surface area contributed by atoms with Crippen LogP contribution in [0.2, 0.25) is 0 Å². The maximum Gasteiger partial charge on any atom is 0.238 e. The molecule has 1 aromatic carbocycles. The number of hydrogen-bond donors (Lipinski definition) is 4. The summed E-state index contributed by atoms with van der Waals surface area (Å²) in [4.78, 5) is 51.4. The van der Waals surface area contributed by atoms with Crippen molar-refractivity contribution in [2.45, 2.75) is 26.2 Å². The van der Waals surface area contributed by atoms with Crippen LogP contribution in [0.3, 0.4) is 0 Å². The molecule has 4 rings (SSSR count). The van der Waals surface area contributed by atoms with Crippen molar-refractivity contribution in [2.24, 2.45) is 17.8 Å². The maximum absolute atomic E-state index is 13.4. The van der Waals surface area contributed by atoms with Crippen LogP contribution < -0.4 is 5.32 Å². The fourth-order valence-electron chi connectivity index (χ4n) is 5.31. The Kier molecular flexibility index (Phi) is 5.61. The first-order valence-electron chi connectivity index (χ1n) is 10.8. The molecule has 33 heavy (non-hydrogen) atoms. The van der Waals surface area contributed by atoms with Gasteiger partial charge in [0.2, 0.25) is 5.91 Å². The Balaban J connectivity index is 1.76. The molecule has 0 spiro atoms. The zero-order valence-corrected chi connectivity index (χ0v) is 18.6. The van der Waals surface area contributed by atoms with Gasteiger partial charge < -0.3 is 25.5 Å². The molecule has 0 radical (unpaired) electrons. The third-order valence-corrected chi connectivity index (χ3v) is 6.60. The van der Waals surface area contributed by atoms with E-state index in [-0.39, 0.29) is 52.9 Å². The number of phenols is 1. The van der Waals surface area contributed by atoms with E-state index >= 15 is 0 Å². The van der Waals surface area contributed by atoms with Gasteiger partial charge in [0, 0.05) is 12.0 Å². The summed E-state index contributed by atoms with van der Waals surface area (Å²) in [6.45, 7) is 1.26. The van der Waals surface area contributed by atoms with Crippen molar-refractivity contribution in [1.82, 2.24) is 4.90 Å². The van der Waals surface area contributed by atoms with Crippen LogP contribution in [-0.2, 0) is 25.6 Å². The van der Waals surface area contributed by atoms with Gasteiger partial charge in [-0.25, -0.2) is 0 Å². The normalized spacial score (nSPS) is 24.4. The number of hydrogen-bond acceptors (Lipinski definition) is 8. The minimum absolute atomic E-state index is 0.0190. The SMILES string of the molecule is CC(=O)C1=C(O)C2C(=O)C3=C(O)c4c(ccc(NC(=O)CN(C)C)c4O)CC3CC2CC1=O. The van der Waals surface area contributed by atoms with Gasteiger partial charge in [0.15, 0.2) is 17.3 Å². The molecule has 3 aliphatic carbocycles. The van der Waals surface area contributed by atoms with E-state index in [9.17, 15) is 34.5 Å². The Labute approximate surface area is 190 Å². The minimum Gasteiger partial charge on any atom is -0.511 e. The quantitative estimate of drug-likeness (QED) is 0.399. The van der Waals surface area contributed by atoms with Crippen molar-refractivity contribution in [1.29, 1.82) is 0 Å². The number of ketones is 3. The van der Waals surface area contributed by atoms with Crippen LogP contribution in [0.1, 0.15) is 30.9 Å². The first kappa shape index (κ1) is 22.7. The second kappa shape index (κ2) is 8.15. The Morgan fingerprint density at radius 3 is 2.45 bits per heavy atom. The van der Waals surface area contributed by atoms with Gasteiger partial charge in [-0.2, -0.15) is 0 Å². The van der Waals surface area contributed by atoms with Gasteiger partial charge in [0.25, 0.3) is 0 Å². The molecule has 9 nitrogen and oxygen atoms in total. The van der Waals surface area contributed by atoms with Gasteiger partial charge in [-0.3, -0.25) is 19.2 Å². The monoisotopic (exact) mass is 454 g/mol. The summed E-state index contributed by atoms with van der Waals surface area (Å²) in [6, 6.07) is 3.23. The standard InChI is InChI=1S/C24H26N2O7/c1-10(27)17-15(28)8-13-7-12-6-11-4-5-14(25-16(29)9-26(2)3)21(30)18(11)23(32)19(12)24(33)20(13)22(17)31/h4-5,12-13,20,30-32H,6-9H2,1-3H3,(H,25,29). The fourth-order valence-corrected chi connectivity index (χ4v) is 5.31. The number of amides is 1. The third-order valence-electron chi connectivity index (χ3n) is 6.60. The van der Waals surface area contributed by atoms with Crippen molar-refractivity contribution in [3.05, 3.63) is 40.2 Å². The minimum atomic E-state index is -1.08. The molecule has 1 aromatic rings. The number of benzene rings is 1. The third kappa shape index (κ3) is 3.72. The lowest BCUT2D eigenvalue weighted by Crippen LogP contribution is -2.43. The number of carbonyl (C=O) groups is 4. The first-order valence-corrected chi connectivity index (χ1v) is 10.8. The molecule has 0 aromatic heterocycles. The molecule has 1 fully saturated rings. The highest BCUT2D eigenvalue weighted by molar-refractivity contribution is 6.22. The molecule has 1 saturated carbocycles. The van der Waals surface area contributed by atoms with Gasteiger partial charge in [0.1, 0.15) is 17.3 Å². The van der Waals surface area contributed by atoms with Gasteiger partial charge in [-0.05, 0) is 57.3 Å². The Hall–Kier alpha value is -3.46. The molecule has 174 valence electrons. The summed E-state index contributed by atoms with van der Waals surface area (Å²) < 4.78 is 0. The van der Waals surface area contributed by atoms with Crippen molar-refractivity contribution < 1.29 is 34.5 Å². The number of nitrogens with zero attached hydrogens (tertiary/aromatic N) is 1. The molecule has 9 heteroatoms. The van der Waals surface area contributed by atoms with Crippen molar-refractivity contribution >= 4 is 34.7 Å². The summed E-state index contributed by atoms with van der Waals surface area (Å²) in [5.41, 5.74) is 0.504. The van der Waals surface area contributed by atoms with Gasteiger partial charge in [-0.15, -0.1) is 0 Å². The van der Waals surface area contributed by atoms with Crippen LogP contribution in [0.4, 0.5) is 5.69 Å². The van der Waals surface area contributed by atoms with E-state index in [0.29, 0.717) is 18.4 Å². The van der Waals surface area contributed by atoms with E-state index in [0.717, 1.165) is 6.92 Å². The number of allylic oxidation sites excluding steroid dienone is 3. The highest BCUT2D eigenvalue weighted by Gasteiger charge is 2.50. The summed E-state index contributed by atoms with van der Waals surface area (Å²) in [5, 5.41) is 35.1. The molecule has 0 heterocycles. The first-order chi connectivity index (χ1) is 15.5. The summed E-state index contributed by atoms with van der Waals surface area (Å²) in [6.07, 6.45) is 0.703. The number of aliphatic hydroxyl groups is 2. The number of phenolic OH excluding ortho intramolecular Hbond substituents is 1. The molecule has 0 saturated heterocycles. The highest BCUT2D eigenvalue weighted by atomic mass is 16.3. The number of aliphatic hydroxyl groups excluding tert-OH is 2. The number of rotatable bonds is 4. The van der Waals surface area contributed by atoms with Gasteiger partial charge in [0.05, 0.1) is 29.3 Å². The molecular weight excluding hydrogens is 428 g/mol. The average molecular weight is 454 g/mol. The molecule has 3 unspecified atom stereocenters. The largest absolute Gasteiger partial charge is 0.511 e. The second-order valence-corrected chi connectivity index (χ2v) is 9.23. The summed E-state index contributed by atoms with van der Waals surface area (Å²) in [5.74, 6) is -5.20. The Morgan fingerprint density at radius 2 is 1.82 bits per heavy atom. The van der Waals surface area contributed by atoms with E-state index < -0.39 is 40.7 Å². The Bertz CT molecular complexity index is 1160. The summed E-state index contributed by atoms with van der Waals surface area (Å²) in [7, 11) is 3.45. The Morgan fingerprint density at radius 1 is 1.12 bits per heavy atom. The topological polar surface area (TPSA) is 144 Å². The van der Waals surface area contributed by atoms with Crippen molar-refractivity contribution in [3.63, 3.8) is 0 Å². The fraction of sp³-hybridized carbons (Fsp3) is 0.417. The number of anilines is 1. The van der Waals surface area contributed by atoms with Crippen LogP contribution >= 0.6 is 0 Å². The summed E-state index contributed by atoms with van der Waals surface area (Å²) >= 11 is 0. The molecule has 3 aliphatic rings. The highest BCUT2D eigenvalue weighted by Crippen LogP contribution is 2.50. The van der Waals surface area contributed by atoms with Crippen LogP contribution in [0.15, 0.2) is 29.0 Å². The predicted molar refractivity (Wildman–Crippen MR) is 119 cm³/mol. The number of Topliss-reactive ketones (excluding diaryl/α,β-unsaturated/α-hetero) is 3. The predicted octanol–water partition coefficient (Wildman–Crippen LogP) is 1.91. The molecule has 0 aliphatic heterocycles. The van der Waals surface area contributed by atoms with Crippen LogP contribution in [0, 0.1) is 17.8 Å². The van der Waals surface area contributed by atoms with Crippen molar-refractivity contribution in [3.8, 4) is 5.75 Å². The number of nitrogens with one attached hydrogen (secondary N) is 1. The lowest BCUT2D eigenvalue weighted by molar-refractivity contribution is -0.127.